The average Bonchev–Trinajstić information content (AvgIpc) is 2.69. The maximum absolute atomic E-state index is 11.6. The first-order valence-electron chi connectivity index (χ1n) is 9.13. The Hall–Kier alpha value is -2.43. The Morgan fingerprint density at radius 3 is 2.46 bits per heavy atom. The van der Waals surface area contributed by atoms with E-state index in [0.717, 1.165) is 35.1 Å². The molecule has 2 aromatic carbocycles. The molecule has 3 aromatic rings. The van der Waals surface area contributed by atoms with Gasteiger partial charge in [0.15, 0.2) is 0 Å². The van der Waals surface area contributed by atoms with Crippen LogP contribution >= 0.6 is 0 Å². The summed E-state index contributed by atoms with van der Waals surface area (Å²) in [5.74, 6) is 0.405. The summed E-state index contributed by atoms with van der Waals surface area (Å²) < 4.78 is 5.65. The van der Waals surface area contributed by atoms with Gasteiger partial charge in [0.1, 0.15) is 0 Å². The molecule has 0 saturated carbocycles. The Kier molecular flexibility index (Phi) is 4.62. The van der Waals surface area contributed by atoms with E-state index in [2.05, 4.69) is 29.6 Å². The maximum atomic E-state index is 11.6. The fraction of sp³-hybridized carbons (Fsp3) is 0.318. The van der Waals surface area contributed by atoms with Crippen LogP contribution in [0.2, 0.25) is 0 Å². The van der Waals surface area contributed by atoms with Crippen molar-refractivity contribution in [3.63, 3.8) is 0 Å². The number of pyridine rings is 1. The van der Waals surface area contributed by atoms with Crippen LogP contribution in [-0.2, 0) is 0 Å². The number of aromatic nitrogens is 1. The van der Waals surface area contributed by atoms with Crippen LogP contribution in [0, 0.1) is 0 Å². The predicted octanol–water partition coefficient (Wildman–Crippen LogP) is 3.49. The molecule has 1 unspecified atom stereocenters. The quantitative estimate of drug-likeness (QED) is 0.758. The highest BCUT2D eigenvalue weighted by Gasteiger charge is 2.41. The predicted molar refractivity (Wildman–Crippen MR) is 104 cm³/mol. The smallest absolute Gasteiger partial charge is 0.217 e. The van der Waals surface area contributed by atoms with Gasteiger partial charge < -0.3 is 15.2 Å². The number of benzene rings is 2. The van der Waals surface area contributed by atoms with Crippen LogP contribution in [0.1, 0.15) is 29.9 Å². The van der Waals surface area contributed by atoms with Gasteiger partial charge in [-0.05, 0) is 43.6 Å². The molecular weight excluding hydrogens is 324 g/mol. The standard InChI is InChI=1S/C22H24N2O2/c1-26-21-18(15-17-9-5-6-10-19(17)24-21)20(16-7-3-2-4-8-16)22(25)11-13-23-14-12-22/h2-10,15,20,23,25H,11-14H2,1H3. The first-order valence-corrected chi connectivity index (χ1v) is 9.13. The molecule has 0 aliphatic carbocycles. The highest BCUT2D eigenvalue weighted by atomic mass is 16.5. The molecule has 1 aliphatic rings. The van der Waals surface area contributed by atoms with Crippen molar-refractivity contribution in [3.8, 4) is 5.88 Å². The van der Waals surface area contributed by atoms with E-state index in [1.54, 1.807) is 7.11 Å². The summed E-state index contributed by atoms with van der Waals surface area (Å²) in [7, 11) is 1.65. The highest BCUT2D eigenvalue weighted by Crippen LogP contribution is 2.43. The number of para-hydroxylation sites is 1. The van der Waals surface area contributed by atoms with Crippen LogP contribution in [-0.4, -0.2) is 35.9 Å². The van der Waals surface area contributed by atoms with Crippen molar-refractivity contribution >= 4 is 10.9 Å². The van der Waals surface area contributed by atoms with E-state index in [9.17, 15) is 5.11 Å². The van der Waals surface area contributed by atoms with Gasteiger partial charge in [-0.1, -0.05) is 48.5 Å². The first kappa shape index (κ1) is 17.0. The summed E-state index contributed by atoms with van der Waals surface area (Å²) in [5, 5.41) is 16.0. The lowest BCUT2D eigenvalue weighted by Crippen LogP contribution is -2.46. The summed E-state index contributed by atoms with van der Waals surface area (Å²) in [6, 6.07) is 20.4. The monoisotopic (exact) mass is 348 g/mol. The molecule has 1 fully saturated rings. The Bertz CT molecular complexity index is 889. The molecule has 4 rings (SSSR count). The summed E-state index contributed by atoms with van der Waals surface area (Å²) >= 11 is 0. The summed E-state index contributed by atoms with van der Waals surface area (Å²) in [6.07, 6.45) is 1.39. The third-order valence-electron chi connectivity index (χ3n) is 5.36. The molecule has 1 atom stereocenters. The van der Waals surface area contributed by atoms with E-state index in [4.69, 9.17) is 9.72 Å². The number of piperidine rings is 1. The number of fused-ring (bicyclic) bond motifs is 1. The van der Waals surface area contributed by atoms with Crippen LogP contribution in [0.25, 0.3) is 10.9 Å². The molecule has 4 heteroatoms. The molecule has 2 heterocycles. The van der Waals surface area contributed by atoms with Crippen molar-refractivity contribution in [2.75, 3.05) is 20.2 Å². The van der Waals surface area contributed by atoms with Gasteiger partial charge in [0.2, 0.25) is 5.88 Å². The topological polar surface area (TPSA) is 54.4 Å². The number of nitrogens with one attached hydrogen (secondary N) is 1. The molecule has 4 nitrogen and oxygen atoms in total. The van der Waals surface area contributed by atoms with Crippen LogP contribution < -0.4 is 10.1 Å². The second-order valence-corrected chi connectivity index (χ2v) is 6.98. The van der Waals surface area contributed by atoms with Crippen molar-refractivity contribution in [2.45, 2.75) is 24.4 Å². The Labute approximate surface area is 153 Å². The second-order valence-electron chi connectivity index (χ2n) is 6.98. The van der Waals surface area contributed by atoms with Crippen LogP contribution in [0.4, 0.5) is 0 Å². The number of rotatable bonds is 4. The van der Waals surface area contributed by atoms with Crippen LogP contribution in [0.15, 0.2) is 60.7 Å². The van der Waals surface area contributed by atoms with E-state index in [1.807, 2.05) is 36.4 Å². The first-order chi connectivity index (χ1) is 12.7. The number of ether oxygens (including phenoxy) is 1. The van der Waals surface area contributed by atoms with Crippen molar-refractivity contribution in [2.24, 2.45) is 0 Å². The fourth-order valence-electron chi connectivity index (χ4n) is 4.06. The molecule has 0 spiro atoms. The van der Waals surface area contributed by atoms with Crippen molar-refractivity contribution in [1.29, 1.82) is 0 Å². The highest BCUT2D eigenvalue weighted by molar-refractivity contribution is 5.80. The number of aliphatic hydroxyl groups is 1. The van der Waals surface area contributed by atoms with Gasteiger partial charge in [-0.2, -0.15) is 0 Å². The van der Waals surface area contributed by atoms with Gasteiger partial charge in [0.25, 0.3) is 0 Å². The summed E-state index contributed by atoms with van der Waals surface area (Å²) in [5.41, 5.74) is 2.11. The Morgan fingerprint density at radius 2 is 1.73 bits per heavy atom. The molecule has 1 aliphatic heterocycles. The number of hydrogen-bond acceptors (Lipinski definition) is 4. The van der Waals surface area contributed by atoms with Gasteiger partial charge in [0.05, 0.1) is 18.2 Å². The van der Waals surface area contributed by atoms with E-state index in [0.29, 0.717) is 18.7 Å². The van der Waals surface area contributed by atoms with Gasteiger partial charge >= 0.3 is 0 Å². The maximum Gasteiger partial charge on any atom is 0.217 e. The lowest BCUT2D eigenvalue weighted by Gasteiger charge is -2.40. The van der Waals surface area contributed by atoms with Gasteiger partial charge in [0, 0.05) is 16.9 Å². The van der Waals surface area contributed by atoms with Crippen LogP contribution in [0.5, 0.6) is 5.88 Å². The Morgan fingerprint density at radius 1 is 1.04 bits per heavy atom. The third-order valence-corrected chi connectivity index (χ3v) is 5.36. The molecule has 1 saturated heterocycles. The second kappa shape index (κ2) is 7.06. The summed E-state index contributed by atoms with van der Waals surface area (Å²) in [4.78, 5) is 4.72. The van der Waals surface area contributed by atoms with Gasteiger partial charge in [-0.25, -0.2) is 4.98 Å². The van der Waals surface area contributed by atoms with Crippen LogP contribution in [0.3, 0.4) is 0 Å². The minimum Gasteiger partial charge on any atom is -0.481 e. The SMILES string of the molecule is COc1nc2ccccc2cc1C(c1ccccc1)C1(O)CCNCC1. The lowest BCUT2D eigenvalue weighted by atomic mass is 9.72. The van der Waals surface area contributed by atoms with E-state index < -0.39 is 5.60 Å². The molecule has 1 aromatic heterocycles. The minimum atomic E-state index is -0.829. The number of methoxy groups -OCH3 is 1. The van der Waals surface area contributed by atoms with E-state index in [-0.39, 0.29) is 5.92 Å². The molecule has 0 amide bonds. The normalized spacial score (nSPS) is 17.8. The molecule has 134 valence electrons. The van der Waals surface area contributed by atoms with Crippen molar-refractivity contribution in [1.82, 2.24) is 10.3 Å². The third kappa shape index (κ3) is 3.06. The largest absolute Gasteiger partial charge is 0.481 e. The van der Waals surface area contributed by atoms with Crippen molar-refractivity contribution in [3.05, 3.63) is 71.8 Å². The summed E-state index contributed by atoms with van der Waals surface area (Å²) in [6.45, 7) is 1.62. The fourth-order valence-corrected chi connectivity index (χ4v) is 4.06. The zero-order chi connectivity index (χ0) is 18.0. The lowest BCUT2D eigenvalue weighted by molar-refractivity contribution is -0.00549. The zero-order valence-electron chi connectivity index (χ0n) is 15.0. The zero-order valence-corrected chi connectivity index (χ0v) is 15.0. The van der Waals surface area contributed by atoms with Crippen molar-refractivity contribution < 1.29 is 9.84 Å². The Balaban J connectivity index is 1.92. The average molecular weight is 348 g/mol. The molecular formula is C22H24N2O2. The van der Waals surface area contributed by atoms with Gasteiger partial charge in [-0.3, -0.25) is 0 Å². The number of nitrogens with zero attached hydrogens (tertiary/aromatic N) is 1. The number of hydrogen-bond donors (Lipinski definition) is 2. The van der Waals surface area contributed by atoms with E-state index >= 15 is 0 Å². The molecule has 0 bridgehead atoms. The van der Waals surface area contributed by atoms with E-state index in [1.165, 1.54) is 0 Å². The van der Waals surface area contributed by atoms with Gasteiger partial charge in [-0.15, -0.1) is 0 Å². The molecule has 0 radical (unpaired) electrons. The molecule has 2 N–H and O–H groups in total. The minimum absolute atomic E-state index is 0.183. The molecule has 26 heavy (non-hydrogen) atoms.